The van der Waals surface area contributed by atoms with Crippen molar-refractivity contribution in [3.05, 3.63) is 49.2 Å². The van der Waals surface area contributed by atoms with E-state index in [1.165, 1.54) is 23.6 Å². The summed E-state index contributed by atoms with van der Waals surface area (Å²) < 4.78 is 0.531. The van der Waals surface area contributed by atoms with E-state index in [1.54, 1.807) is 6.07 Å². The van der Waals surface area contributed by atoms with E-state index in [4.69, 9.17) is 0 Å². The van der Waals surface area contributed by atoms with E-state index >= 15 is 0 Å². The second kappa shape index (κ2) is 6.09. The van der Waals surface area contributed by atoms with Gasteiger partial charge in [0, 0.05) is 23.3 Å². The summed E-state index contributed by atoms with van der Waals surface area (Å²) in [4.78, 5) is 14.3. The van der Waals surface area contributed by atoms with Crippen molar-refractivity contribution in [1.82, 2.24) is 4.98 Å². The first-order chi connectivity index (χ1) is 9.08. The molecule has 0 saturated carbocycles. The standard InChI is InChI=1S/C11H10BrN3O3S/c12-8-3-9(15(17)18)11(13-4-8)14-5-10(16)7-1-2-19-6-7/h1-4,6,10,16H,5H2,(H,13,14)/t10-/m0/s1. The molecule has 2 rings (SSSR count). The molecule has 0 unspecified atom stereocenters. The van der Waals surface area contributed by atoms with Crippen LogP contribution in [0.4, 0.5) is 11.5 Å². The molecule has 0 aromatic carbocycles. The van der Waals surface area contributed by atoms with Gasteiger partial charge in [0.05, 0.1) is 11.0 Å². The lowest BCUT2D eigenvalue weighted by molar-refractivity contribution is -0.384. The van der Waals surface area contributed by atoms with Crippen LogP contribution >= 0.6 is 27.3 Å². The molecule has 2 N–H and O–H groups in total. The number of nitro groups is 1. The van der Waals surface area contributed by atoms with Crippen LogP contribution in [-0.4, -0.2) is 21.6 Å². The fourth-order valence-electron chi connectivity index (χ4n) is 1.48. The molecule has 100 valence electrons. The number of thiophene rings is 1. The Morgan fingerprint density at radius 1 is 1.63 bits per heavy atom. The Bertz CT molecular complexity index is 577. The van der Waals surface area contributed by atoms with Crippen molar-refractivity contribution < 1.29 is 10.0 Å². The van der Waals surface area contributed by atoms with E-state index < -0.39 is 11.0 Å². The first-order valence-electron chi connectivity index (χ1n) is 5.32. The van der Waals surface area contributed by atoms with Crippen LogP contribution in [0.25, 0.3) is 0 Å². The lowest BCUT2D eigenvalue weighted by Gasteiger charge is -2.11. The van der Waals surface area contributed by atoms with Gasteiger partial charge >= 0.3 is 5.69 Å². The number of hydrogen-bond donors (Lipinski definition) is 2. The molecule has 2 aromatic heterocycles. The van der Waals surface area contributed by atoms with Crippen LogP contribution in [0.1, 0.15) is 11.7 Å². The smallest absolute Gasteiger partial charge is 0.312 e. The topological polar surface area (TPSA) is 88.3 Å². The summed E-state index contributed by atoms with van der Waals surface area (Å²) in [5.74, 6) is 0.141. The Morgan fingerprint density at radius 2 is 2.42 bits per heavy atom. The van der Waals surface area contributed by atoms with Crippen LogP contribution < -0.4 is 5.32 Å². The number of aromatic nitrogens is 1. The van der Waals surface area contributed by atoms with Crippen molar-refractivity contribution in [2.24, 2.45) is 0 Å². The van der Waals surface area contributed by atoms with Gasteiger partial charge in [-0.3, -0.25) is 10.1 Å². The van der Waals surface area contributed by atoms with E-state index in [1.807, 2.05) is 10.8 Å². The first kappa shape index (κ1) is 13.9. The number of halogens is 1. The Labute approximate surface area is 121 Å². The predicted molar refractivity (Wildman–Crippen MR) is 76.4 cm³/mol. The third kappa shape index (κ3) is 3.49. The Morgan fingerprint density at radius 3 is 3.05 bits per heavy atom. The van der Waals surface area contributed by atoms with Crippen LogP contribution in [0.15, 0.2) is 33.6 Å². The second-order valence-electron chi connectivity index (χ2n) is 3.73. The zero-order valence-electron chi connectivity index (χ0n) is 9.62. The third-order valence-electron chi connectivity index (χ3n) is 2.42. The average Bonchev–Trinajstić information content (AvgIpc) is 2.90. The van der Waals surface area contributed by atoms with E-state index in [0.717, 1.165) is 5.56 Å². The zero-order chi connectivity index (χ0) is 13.8. The van der Waals surface area contributed by atoms with Crippen LogP contribution in [0.2, 0.25) is 0 Å². The highest BCUT2D eigenvalue weighted by Crippen LogP contribution is 2.26. The molecule has 1 atom stereocenters. The molecule has 0 aliphatic rings. The summed E-state index contributed by atoms with van der Waals surface area (Å²) >= 11 is 4.62. The van der Waals surface area contributed by atoms with E-state index in [2.05, 4.69) is 26.2 Å². The molecule has 0 bridgehead atoms. The van der Waals surface area contributed by atoms with E-state index in [9.17, 15) is 15.2 Å². The van der Waals surface area contributed by atoms with Crippen molar-refractivity contribution in [3.63, 3.8) is 0 Å². The maximum Gasteiger partial charge on any atom is 0.312 e. The molecule has 0 amide bonds. The number of nitrogens with one attached hydrogen (secondary N) is 1. The lowest BCUT2D eigenvalue weighted by Crippen LogP contribution is -2.13. The Kier molecular flexibility index (Phi) is 4.46. The minimum atomic E-state index is -0.726. The molecular weight excluding hydrogens is 334 g/mol. The maximum atomic E-state index is 10.9. The highest BCUT2D eigenvalue weighted by molar-refractivity contribution is 9.10. The fraction of sp³-hybridized carbons (Fsp3) is 0.182. The highest BCUT2D eigenvalue weighted by atomic mass is 79.9. The van der Waals surface area contributed by atoms with Gasteiger partial charge in [-0.25, -0.2) is 4.98 Å². The molecule has 0 fully saturated rings. The zero-order valence-corrected chi connectivity index (χ0v) is 12.0. The van der Waals surface area contributed by atoms with Crippen molar-refractivity contribution in [2.75, 3.05) is 11.9 Å². The molecule has 2 heterocycles. The summed E-state index contributed by atoms with van der Waals surface area (Å²) in [6.07, 6.45) is 0.739. The van der Waals surface area contributed by atoms with E-state index in [-0.39, 0.29) is 18.1 Å². The molecule has 0 aliphatic heterocycles. The lowest BCUT2D eigenvalue weighted by atomic mass is 10.2. The molecule has 0 spiro atoms. The van der Waals surface area contributed by atoms with Gasteiger partial charge in [-0.15, -0.1) is 0 Å². The van der Waals surface area contributed by atoms with Gasteiger partial charge in [0.25, 0.3) is 0 Å². The van der Waals surface area contributed by atoms with Crippen molar-refractivity contribution in [1.29, 1.82) is 0 Å². The van der Waals surface area contributed by atoms with Gasteiger partial charge < -0.3 is 10.4 Å². The maximum absolute atomic E-state index is 10.9. The Hall–Kier alpha value is -1.51. The molecule has 0 saturated heterocycles. The largest absolute Gasteiger partial charge is 0.387 e. The van der Waals surface area contributed by atoms with Crippen LogP contribution in [0, 0.1) is 10.1 Å². The van der Waals surface area contributed by atoms with Gasteiger partial charge in [0.1, 0.15) is 0 Å². The molecule has 6 nitrogen and oxygen atoms in total. The molecule has 0 radical (unpaired) electrons. The van der Waals surface area contributed by atoms with E-state index in [0.29, 0.717) is 4.47 Å². The van der Waals surface area contributed by atoms with Gasteiger partial charge in [-0.2, -0.15) is 11.3 Å². The fourth-order valence-corrected chi connectivity index (χ4v) is 2.51. The number of aliphatic hydroxyl groups is 1. The SMILES string of the molecule is O=[N+]([O-])c1cc(Br)cnc1NC[C@H](O)c1ccsc1. The van der Waals surface area contributed by atoms with Crippen LogP contribution in [-0.2, 0) is 0 Å². The number of rotatable bonds is 5. The number of aliphatic hydroxyl groups excluding tert-OH is 1. The summed E-state index contributed by atoms with van der Waals surface area (Å²) in [7, 11) is 0. The van der Waals surface area contributed by atoms with Gasteiger partial charge in [0.2, 0.25) is 5.82 Å². The predicted octanol–water partition coefficient (Wildman–Crippen LogP) is 2.96. The molecule has 19 heavy (non-hydrogen) atoms. The van der Waals surface area contributed by atoms with Gasteiger partial charge in [-0.1, -0.05) is 0 Å². The minimum Gasteiger partial charge on any atom is -0.387 e. The van der Waals surface area contributed by atoms with Crippen molar-refractivity contribution in [3.8, 4) is 0 Å². The highest BCUT2D eigenvalue weighted by Gasteiger charge is 2.17. The number of anilines is 1. The van der Waals surface area contributed by atoms with Crippen molar-refractivity contribution >= 4 is 38.8 Å². The Balaban J connectivity index is 2.09. The minimum absolute atomic E-state index is 0.133. The second-order valence-corrected chi connectivity index (χ2v) is 5.43. The average molecular weight is 344 g/mol. The number of nitrogens with zero attached hydrogens (tertiary/aromatic N) is 2. The molecule has 0 aliphatic carbocycles. The van der Waals surface area contributed by atoms with Crippen LogP contribution in [0.3, 0.4) is 0 Å². The summed E-state index contributed by atoms with van der Waals surface area (Å²) in [6, 6.07) is 3.17. The number of hydrogen-bond acceptors (Lipinski definition) is 6. The monoisotopic (exact) mass is 343 g/mol. The normalized spacial score (nSPS) is 12.1. The van der Waals surface area contributed by atoms with Gasteiger partial charge in [-0.05, 0) is 38.3 Å². The van der Waals surface area contributed by atoms with Crippen LogP contribution in [0.5, 0.6) is 0 Å². The van der Waals surface area contributed by atoms with Gasteiger partial charge in [0.15, 0.2) is 0 Å². The molecular formula is C11H10BrN3O3S. The molecule has 8 heteroatoms. The summed E-state index contributed by atoms with van der Waals surface area (Å²) in [5, 5.41) is 27.3. The van der Waals surface area contributed by atoms with Crippen molar-refractivity contribution in [2.45, 2.75) is 6.10 Å². The number of pyridine rings is 1. The third-order valence-corrected chi connectivity index (χ3v) is 3.56. The molecule has 2 aromatic rings. The first-order valence-corrected chi connectivity index (χ1v) is 7.05. The summed E-state index contributed by atoms with van der Waals surface area (Å²) in [6.45, 7) is 0.159. The quantitative estimate of drug-likeness (QED) is 0.643. The summed E-state index contributed by atoms with van der Waals surface area (Å²) in [5.41, 5.74) is 0.643.